The summed E-state index contributed by atoms with van der Waals surface area (Å²) in [5, 5.41) is 6.04. The molecule has 0 aliphatic carbocycles. The van der Waals surface area contributed by atoms with E-state index in [1.165, 1.54) is 31.5 Å². The Kier molecular flexibility index (Phi) is 7.63. The van der Waals surface area contributed by atoms with Crippen LogP contribution in [-0.2, 0) is 22.3 Å². The Balaban J connectivity index is 1.49. The van der Waals surface area contributed by atoms with Gasteiger partial charge in [-0.3, -0.25) is 9.59 Å². The largest absolute Gasteiger partial charge is 0.456 e. The Hall–Kier alpha value is -4.12. The lowest BCUT2D eigenvalue weighted by Gasteiger charge is -2.13. The fraction of sp³-hybridized carbons (Fsp3) is 0.200. The summed E-state index contributed by atoms with van der Waals surface area (Å²) in [4.78, 5) is 31.4. The molecule has 0 saturated carbocycles. The smallest absolute Gasteiger partial charge is 0.416 e. The van der Waals surface area contributed by atoms with Crippen molar-refractivity contribution in [3.05, 3.63) is 71.6 Å². The van der Waals surface area contributed by atoms with E-state index in [0.717, 1.165) is 12.1 Å². The number of ketones is 1. The number of alkyl halides is 3. The van der Waals surface area contributed by atoms with Crippen molar-refractivity contribution in [1.82, 2.24) is 19.9 Å². The van der Waals surface area contributed by atoms with E-state index in [-0.39, 0.29) is 34.6 Å². The van der Waals surface area contributed by atoms with E-state index in [2.05, 4.69) is 20.6 Å². The van der Waals surface area contributed by atoms with Gasteiger partial charge in [-0.1, -0.05) is 17.7 Å². The van der Waals surface area contributed by atoms with E-state index < -0.39 is 11.7 Å². The minimum atomic E-state index is -4.49. The normalized spacial score (nSPS) is 11.4. The van der Waals surface area contributed by atoms with Gasteiger partial charge < -0.3 is 19.9 Å². The van der Waals surface area contributed by atoms with Gasteiger partial charge in [-0.25, -0.2) is 9.97 Å². The molecule has 192 valence electrons. The summed E-state index contributed by atoms with van der Waals surface area (Å²) >= 11 is 6.35. The Morgan fingerprint density at radius 3 is 2.65 bits per heavy atom. The highest BCUT2D eigenvalue weighted by Gasteiger charge is 2.30. The molecule has 12 heteroatoms. The number of nitrogens with zero attached hydrogens (tertiary/aromatic N) is 3. The zero-order chi connectivity index (χ0) is 26.6. The molecule has 1 amide bonds. The maximum atomic E-state index is 13.0. The van der Waals surface area contributed by atoms with Crippen LogP contribution in [0.15, 0.2) is 61.1 Å². The van der Waals surface area contributed by atoms with Crippen molar-refractivity contribution in [1.29, 1.82) is 0 Å². The van der Waals surface area contributed by atoms with Crippen molar-refractivity contribution in [2.75, 3.05) is 11.9 Å². The van der Waals surface area contributed by atoms with Gasteiger partial charge >= 0.3 is 6.18 Å². The first-order valence-electron chi connectivity index (χ1n) is 11.1. The molecule has 2 heterocycles. The van der Waals surface area contributed by atoms with Crippen molar-refractivity contribution in [2.45, 2.75) is 26.1 Å². The maximum Gasteiger partial charge on any atom is 0.416 e. The van der Waals surface area contributed by atoms with E-state index in [1.54, 1.807) is 24.4 Å². The highest BCUT2D eigenvalue weighted by molar-refractivity contribution is 6.32. The molecule has 0 saturated heterocycles. The number of aromatic nitrogens is 3. The highest BCUT2D eigenvalue weighted by Crippen LogP contribution is 2.36. The molecule has 0 atom stereocenters. The third-order valence-corrected chi connectivity index (χ3v) is 5.51. The number of hydrogen-bond acceptors (Lipinski definition) is 6. The van der Waals surface area contributed by atoms with E-state index in [9.17, 15) is 22.8 Å². The molecule has 0 bridgehead atoms. The maximum absolute atomic E-state index is 13.0. The summed E-state index contributed by atoms with van der Waals surface area (Å²) in [6.45, 7) is 2.07. The number of fused-ring (bicyclic) bond motifs is 1. The molecule has 0 aliphatic rings. The van der Waals surface area contributed by atoms with E-state index in [1.807, 2.05) is 4.57 Å². The zero-order valence-corrected chi connectivity index (χ0v) is 20.2. The topological polar surface area (TPSA) is 98.1 Å². The predicted octanol–water partition coefficient (Wildman–Crippen LogP) is 5.73. The van der Waals surface area contributed by atoms with Crippen LogP contribution in [0.25, 0.3) is 11.0 Å². The number of benzene rings is 2. The lowest BCUT2D eigenvalue weighted by Crippen LogP contribution is -2.28. The van der Waals surface area contributed by atoms with Crippen LogP contribution in [0.2, 0.25) is 5.02 Å². The molecule has 2 aromatic carbocycles. The summed E-state index contributed by atoms with van der Waals surface area (Å²) in [6.07, 6.45) is -1.45. The average Bonchev–Trinajstić information content (AvgIpc) is 3.24. The Morgan fingerprint density at radius 1 is 1.11 bits per heavy atom. The third-order valence-electron chi connectivity index (χ3n) is 5.22. The number of Topliss-reactive ketones (excluding diaryl/α,β-unsaturated/α-hetero) is 1. The quantitative estimate of drug-likeness (QED) is 0.267. The van der Waals surface area contributed by atoms with Gasteiger partial charge in [0.25, 0.3) is 0 Å². The minimum absolute atomic E-state index is 0.00293. The van der Waals surface area contributed by atoms with Crippen LogP contribution in [0.4, 0.5) is 24.7 Å². The second-order valence-corrected chi connectivity index (χ2v) is 8.50. The summed E-state index contributed by atoms with van der Waals surface area (Å²) in [5.74, 6) is 0.106. The van der Waals surface area contributed by atoms with E-state index in [0.29, 0.717) is 35.6 Å². The highest BCUT2D eigenvalue weighted by atomic mass is 35.5. The number of halogens is 4. The SMILES string of the molecule is CC(=O)CC(=O)NCCn1ccc2ncnc(Nc3ccc(Oc4cccc(C(F)(F)F)c4)c(Cl)c3)c21. The third kappa shape index (κ3) is 6.56. The van der Waals surface area contributed by atoms with Crippen LogP contribution in [0.3, 0.4) is 0 Å². The Bertz CT molecular complexity index is 1460. The van der Waals surface area contributed by atoms with Crippen molar-refractivity contribution in [3.63, 3.8) is 0 Å². The second-order valence-electron chi connectivity index (χ2n) is 8.09. The molecule has 0 spiro atoms. The molecular formula is C25H21ClF3N5O3. The fourth-order valence-electron chi connectivity index (χ4n) is 3.58. The number of hydrogen-bond donors (Lipinski definition) is 2. The minimum Gasteiger partial charge on any atom is -0.456 e. The molecule has 4 aromatic rings. The molecule has 0 fully saturated rings. The summed E-state index contributed by atoms with van der Waals surface area (Å²) in [7, 11) is 0. The van der Waals surface area contributed by atoms with Gasteiger partial charge in [0.1, 0.15) is 29.1 Å². The first kappa shape index (κ1) is 26.0. The van der Waals surface area contributed by atoms with Crippen LogP contribution in [0.5, 0.6) is 11.5 Å². The average molecular weight is 532 g/mol. The number of carbonyl (C=O) groups is 2. The first-order valence-corrected chi connectivity index (χ1v) is 11.5. The molecule has 2 aromatic heterocycles. The molecule has 0 aliphatic heterocycles. The second kappa shape index (κ2) is 10.9. The van der Waals surface area contributed by atoms with Crippen molar-refractivity contribution < 1.29 is 27.5 Å². The Morgan fingerprint density at radius 2 is 1.92 bits per heavy atom. The standard InChI is InChI=1S/C25H21ClF3N5O3/c1-15(35)11-22(36)30-8-10-34-9-7-20-23(34)24(32-14-31-20)33-17-5-6-21(19(26)13-17)37-18-4-2-3-16(12-18)25(27,28)29/h2-7,9,12-14H,8,10-11H2,1H3,(H,30,36)(H,31,32,33). The van der Waals surface area contributed by atoms with Gasteiger partial charge in [-0.15, -0.1) is 0 Å². The van der Waals surface area contributed by atoms with E-state index in [4.69, 9.17) is 16.3 Å². The van der Waals surface area contributed by atoms with Crippen molar-refractivity contribution >= 4 is 45.8 Å². The molecule has 0 unspecified atom stereocenters. The van der Waals surface area contributed by atoms with Crippen LogP contribution in [0.1, 0.15) is 18.9 Å². The number of anilines is 2. The summed E-state index contributed by atoms with van der Waals surface area (Å²) < 4.78 is 46.4. The van der Waals surface area contributed by atoms with Gasteiger partial charge in [0, 0.05) is 25.0 Å². The number of ether oxygens (including phenoxy) is 1. The van der Waals surface area contributed by atoms with Crippen LogP contribution in [-0.4, -0.2) is 32.8 Å². The van der Waals surface area contributed by atoms with Gasteiger partial charge in [-0.2, -0.15) is 13.2 Å². The predicted molar refractivity (Wildman–Crippen MR) is 132 cm³/mol. The van der Waals surface area contributed by atoms with Crippen molar-refractivity contribution in [2.24, 2.45) is 0 Å². The molecule has 0 radical (unpaired) electrons. The monoisotopic (exact) mass is 531 g/mol. The molecule has 2 N–H and O–H groups in total. The number of carbonyl (C=O) groups excluding carboxylic acids is 2. The van der Waals surface area contributed by atoms with Crippen LogP contribution < -0.4 is 15.4 Å². The first-order chi connectivity index (χ1) is 17.6. The summed E-state index contributed by atoms with van der Waals surface area (Å²) in [6, 6.07) is 11.1. The Labute approximate surface area is 214 Å². The molecule has 37 heavy (non-hydrogen) atoms. The van der Waals surface area contributed by atoms with E-state index >= 15 is 0 Å². The van der Waals surface area contributed by atoms with Gasteiger partial charge in [-0.05, 0) is 49.4 Å². The van der Waals surface area contributed by atoms with Crippen LogP contribution >= 0.6 is 11.6 Å². The number of amides is 1. The van der Waals surface area contributed by atoms with Gasteiger partial charge in [0.2, 0.25) is 5.91 Å². The zero-order valence-electron chi connectivity index (χ0n) is 19.5. The number of nitrogens with one attached hydrogen (secondary N) is 2. The molecular weight excluding hydrogens is 511 g/mol. The van der Waals surface area contributed by atoms with Gasteiger partial charge in [0.05, 0.1) is 22.5 Å². The number of rotatable bonds is 9. The lowest BCUT2D eigenvalue weighted by molar-refractivity contribution is -0.137. The van der Waals surface area contributed by atoms with Gasteiger partial charge in [0.15, 0.2) is 5.82 Å². The van der Waals surface area contributed by atoms with Crippen LogP contribution in [0, 0.1) is 0 Å². The lowest BCUT2D eigenvalue weighted by atomic mass is 10.2. The fourth-order valence-corrected chi connectivity index (χ4v) is 3.79. The molecule has 8 nitrogen and oxygen atoms in total. The van der Waals surface area contributed by atoms with Crippen molar-refractivity contribution in [3.8, 4) is 11.5 Å². The summed E-state index contributed by atoms with van der Waals surface area (Å²) in [5.41, 5.74) is 1.09. The molecule has 4 rings (SSSR count).